The number of nitrogens with one attached hydrogen (secondary N) is 2. The summed E-state index contributed by atoms with van der Waals surface area (Å²) in [7, 11) is 0. The minimum atomic E-state index is -0.240. The van der Waals surface area contributed by atoms with Gasteiger partial charge in [0.2, 0.25) is 0 Å². The summed E-state index contributed by atoms with van der Waals surface area (Å²) in [5, 5.41) is 7.25. The van der Waals surface area contributed by atoms with Crippen LogP contribution in [0.25, 0.3) is 11.3 Å². The Morgan fingerprint density at radius 2 is 1.93 bits per heavy atom. The normalized spacial score (nSPS) is 14.7. The van der Waals surface area contributed by atoms with E-state index in [1.165, 1.54) is 25.0 Å². The Kier molecular flexibility index (Phi) is 6.37. The van der Waals surface area contributed by atoms with E-state index in [9.17, 15) is 4.39 Å². The van der Waals surface area contributed by atoms with Crippen LogP contribution in [-0.4, -0.2) is 23.1 Å². The third-order valence-electron chi connectivity index (χ3n) is 5.26. The largest absolute Gasteiger partial charge is 0.366 e. The quantitative estimate of drug-likeness (QED) is 0.594. The van der Waals surface area contributed by atoms with Gasteiger partial charge in [0.25, 0.3) is 0 Å². The van der Waals surface area contributed by atoms with Gasteiger partial charge in [0.1, 0.15) is 11.6 Å². The van der Waals surface area contributed by atoms with E-state index in [2.05, 4.69) is 21.7 Å². The molecule has 0 spiro atoms. The van der Waals surface area contributed by atoms with Crippen LogP contribution < -0.4 is 10.6 Å². The Balaban J connectivity index is 1.50. The maximum atomic E-state index is 13.4. The van der Waals surface area contributed by atoms with Crippen LogP contribution in [0.2, 0.25) is 5.02 Å². The van der Waals surface area contributed by atoms with Gasteiger partial charge in [-0.1, -0.05) is 29.8 Å². The van der Waals surface area contributed by atoms with E-state index >= 15 is 0 Å². The van der Waals surface area contributed by atoms with Crippen LogP contribution in [0.1, 0.15) is 24.1 Å². The van der Waals surface area contributed by atoms with Gasteiger partial charge >= 0.3 is 0 Å². The van der Waals surface area contributed by atoms with E-state index in [-0.39, 0.29) is 5.82 Å². The van der Waals surface area contributed by atoms with Crippen molar-refractivity contribution >= 4 is 17.4 Å². The van der Waals surface area contributed by atoms with Crippen LogP contribution in [0.15, 0.2) is 54.7 Å². The number of hydrogen-bond acceptors (Lipinski definition) is 4. The first-order valence-electron chi connectivity index (χ1n) is 9.98. The molecule has 0 radical (unpaired) electrons. The molecule has 150 valence electrons. The molecule has 3 aromatic rings. The first-order valence-corrected chi connectivity index (χ1v) is 10.4. The number of pyridine rings is 2. The fourth-order valence-electron chi connectivity index (χ4n) is 3.69. The average molecular weight is 411 g/mol. The predicted molar refractivity (Wildman–Crippen MR) is 116 cm³/mol. The molecule has 3 heterocycles. The van der Waals surface area contributed by atoms with E-state index in [0.29, 0.717) is 17.5 Å². The Morgan fingerprint density at radius 3 is 2.76 bits per heavy atom. The molecule has 0 aliphatic carbocycles. The molecule has 2 aromatic heterocycles. The van der Waals surface area contributed by atoms with Crippen molar-refractivity contribution in [1.82, 2.24) is 15.3 Å². The molecular formula is C23H24ClFN4. The number of nitrogens with zero attached hydrogens (tertiary/aromatic N) is 2. The fourth-order valence-corrected chi connectivity index (χ4v) is 3.89. The smallest absolute Gasteiger partial charge is 0.126 e. The Morgan fingerprint density at radius 1 is 1.10 bits per heavy atom. The summed E-state index contributed by atoms with van der Waals surface area (Å²) < 4.78 is 13.4. The summed E-state index contributed by atoms with van der Waals surface area (Å²) in [4.78, 5) is 9.24. The predicted octanol–water partition coefficient (Wildman–Crippen LogP) is 5.09. The van der Waals surface area contributed by atoms with Crippen molar-refractivity contribution in [3.05, 3.63) is 76.8 Å². The molecule has 4 nitrogen and oxygen atoms in total. The van der Waals surface area contributed by atoms with Crippen LogP contribution in [0.3, 0.4) is 0 Å². The number of rotatable bonds is 6. The number of hydrogen-bond donors (Lipinski definition) is 2. The van der Waals surface area contributed by atoms with Gasteiger partial charge in [0.15, 0.2) is 0 Å². The van der Waals surface area contributed by atoms with Crippen LogP contribution >= 0.6 is 11.6 Å². The molecule has 0 atom stereocenters. The molecule has 2 N–H and O–H groups in total. The average Bonchev–Trinajstić information content (AvgIpc) is 2.75. The van der Waals surface area contributed by atoms with Crippen molar-refractivity contribution in [2.45, 2.75) is 25.8 Å². The molecule has 4 rings (SSSR count). The lowest BCUT2D eigenvalue weighted by atomic mass is 9.92. The maximum absolute atomic E-state index is 13.4. The molecule has 1 saturated heterocycles. The first-order chi connectivity index (χ1) is 14.2. The van der Waals surface area contributed by atoms with E-state index < -0.39 is 0 Å². The Labute approximate surface area is 175 Å². The highest BCUT2D eigenvalue weighted by Crippen LogP contribution is 2.29. The van der Waals surface area contributed by atoms with Crippen LogP contribution in [0.4, 0.5) is 10.2 Å². The van der Waals surface area contributed by atoms with Crippen LogP contribution in [-0.2, 0) is 13.0 Å². The number of benzene rings is 1. The lowest BCUT2D eigenvalue weighted by Gasteiger charge is -2.22. The van der Waals surface area contributed by atoms with Gasteiger partial charge in [-0.3, -0.25) is 4.98 Å². The number of halogens is 2. The maximum Gasteiger partial charge on any atom is 0.126 e. The molecule has 1 fully saturated rings. The summed E-state index contributed by atoms with van der Waals surface area (Å²) in [6.45, 7) is 2.65. The van der Waals surface area contributed by atoms with E-state index in [1.54, 1.807) is 12.3 Å². The van der Waals surface area contributed by atoms with Crippen LogP contribution in [0.5, 0.6) is 0 Å². The molecule has 1 aliphatic rings. The fraction of sp³-hybridized carbons (Fsp3) is 0.304. The molecule has 0 bridgehead atoms. The monoisotopic (exact) mass is 410 g/mol. The summed E-state index contributed by atoms with van der Waals surface area (Å²) in [5.74, 6) is 1.14. The van der Waals surface area contributed by atoms with Crippen molar-refractivity contribution in [3.63, 3.8) is 0 Å². The standard InChI is InChI=1S/C23H24ClFN4/c24-21-15-27-19(12-16-7-9-26-10-8-16)13-20(21)22-5-2-6-23(29-22)28-14-17-3-1-4-18(25)11-17/h1-6,11,13,15-16,26H,7-10,12,14H2,(H,28,29). The highest BCUT2D eigenvalue weighted by atomic mass is 35.5. The third-order valence-corrected chi connectivity index (χ3v) is 5.56. The van der Waals surface area contributed by atoms with Crippen molar-refractivity contribution in [3.8, 4) is 11.3 Å². The number of piperidine rings is 1. The van der Waals surface area contributed by atoms with Crippen molar-refractivity contribution in [2.75, 3.05) is 18.4 Å². The molecule has 29 heavy (non-hydrogen) atoms. The zero-order chi connectivity index (χ0) is 20.1. The topological polar surface area (TPSA) is 49.8 Å². The highest BCUT2D eigenvalue weighted by molar-refractivity contribution is 6.33. The van der Waals surface area contributed by atoms with Crippen molar-refractivity contribution in [1.29, 1.82) is 0 Å². The summed E-state index contributed by atoms with van der Waals surface area (Å²) >= 11 is 6.44. The molecule has 1 aromatic carbocycles. The highest BCUT2D eigenvalue weighted by Gasteiger charge is 2.16. The zero-order valence-electron chi connectivity index (χ0n) is 16.2. The Bertz CT molecular complexity index is 973. The lowest BCUT2D eigenvalue weighted by Crippen LogP contribution is -2.28. The minimum Gasteiger partial charge on any atom is -0.366 e. The van der Waals surface area contributed by atoms with Gasteiger partial charge in [-0.15, -0.1) is 0 Å². The van der Waals surface area contributed by atoms with Gasteiger partial charge in [0.05, 0.1) is 10.7 Å². The molecule has 6 heteroatoms. The number of anilines is 1. The van der Waals surface area contributed by atoms with Gasteiger partial charge in [-0.05, 0) is 74.2 Å². The first kappa shape index (κ1) is 19.8. The van der Waals surface area contributed by atoms with E-state index in [0.717, 1.165) is 47.8 Å². The van der Waals surface area contributed by atoms with Gasteiger partial charge in [0, 0.05) is 24.0 Å². The third kappa shape index (κ3) is 5.31. The molecule has 0 amide bonds. The molecule has 0 unspecified atom stereocenters. The molecule has 1 aliphatic heterocycles. The Hall–Kier alpha value is -2.50. The number of aromatic nitrogens is 2. The molecule has 0 saturated carbocycles. The summed E-state index contributed by atoms with van der Waals surface area (Å²) in [5.41, 5.74) is 3.60. The van der Waals surface area contributed by atoms with E-state index in [1.807, 2.05) is 24.3 Å². The van der Waals surface area contributed by atoms with E-state index in [4.69, 9.17) is 16.6 Å². The van der Waals surface area contributed by atoms with Crippen LogP contribution in [0, 0.1) is 11.7 Å². The summed E-state index contributed by atoms with van der Waals surface area (Å²) in [6.07, 6.45) is 5.04. The summed E-state index contributed by atoms with van der Waals surface area (Å²) in [6, 6.07) is 14.4. The second-order valence-electron chi connectivity index (χ2n) is 7.44. The second-order valence-corrected chi connectivity index (χ2v) is 7.85. The minimum absolute atomic E-state index is 0.240. The zero-order valence-corrected chi connectivity index (χ0v) is 16.9. The van der Waals surface area contributed by atoms with Crippen molar-refractivity contribution < 1.29 is 4.39 Å². The van der Waals surface area contributed by atoms with Gasteiger partial charge < -0.3 is 10.6 Å². The lowest BCUT2D eigenvalue weighted by molar-refractivity contribution is 0.370. The second kappa shape index (κ2) is 9.33. The van der Waals surface area contributed by atoms with Gasteiger partial charge in [-0.25, -0.2) is 9.37 Å². The van der Waals surface area contributed by atoms with Crippen molar-refractivity contribution in [2.24, 2.45) is 5.92 Å². The SMILES string of the molecule is Fc1cccc(CNc2cccc(-c3cc(CC4CCNCC4)ncc3Cl)n2)c1. The van der Waals surface area contributed by atoms with Gasteiger partial charge in [-0.2, -0.15) is 0 Å². The molecular weight excluding hydrogens is 387 g/mol.